The van der Waals surface area contributed by atoms with Crippen LogP contribution in [0.2, 0.25) is 0 Å². The van der Waals surface area contributed by atoms with E-state index in [4.69, 9.17) is 4.74 Å². The number of benzene rings is 1. The molecule has 0 aliphatic rings. The molecular formula is C25H38O2. The van der Waals surface area contributed by atoms with Crippen molar-refractivity contribution in [2.45, 2.75) is 90.9 Å². The van der Waals surface area contributed by atoms with Crippen LogP contribution in [-0.4, -0.2) is 5.97 Å². The maximum Gasteiger partial charge on any atom is 0.310 e. The molecule has 1 rings (SSSR count). The van der Waals surface area contributed by atoms with Crippen molar-refractivity contribution in [2.24, 2.45) is 0 Å². The maximum atomic E-state index is 11.9. The Labute approximate surface area is 166 Å². The molecule has 1 aromatic rings. The summed E-state index contributed by atoms with van der Waals surface area (Å²) < 4.78 is 5.30. The van der Waals surface area contributed by atoms with Gasteiger partial charge in [-0.3, -0.25) is 4.79 Å². The molecule has 2 nitrogen and oxygen atoms in total. The van der Waals surface area contributed by atoms with E-state index in [-0.39, 0.29) is 11.4 Å². The highest BCUT2D eigenvalue weighted by Gasteiger charge is 2.12. The van der Waals surface area contributed by atoms with Gasteiger partial charge in [-0.15, -0.1) is 6.58 Å². The van der Waals surface area contributed by atoms with Crippen LogP contribution in [0.4, 0.5) is 0 Å². The predicted octanol–water partition coefficient (Wildman–Crippen LogP) is 7.28. The number of carbonyl (C=O) groups is 1. The first-order chi connectivity index (χ1) is 12.8. The Morgan fingerprint density at radius 1 is 1.00 bits per heavy atom. The first-order valence-electron chi connectivity index (χ1n) is 10.4. The average Bonchev–Trinajstić information content (AvgIpc) is 2.62. The van der Waals surface area contributed by atoms with E-state index in [2.05, 4.69) is 51.6 Å². The van der Waals surface area contributed by atoms with Crippen molar-refractivity contribution in [1.29, 1.82) is 0 Å². The third kappa shape index (κ3) is 10.8. The minimum Gasteiger partial charge on any atom is -0.435 e. The third-order valence-corrected chi connectivity index (χ3v) is 4.73. The summed E-state index contributed by atoms with van der Waals surface area (Å²) >= 11 is 0. The summed E-state index contributed by atoms with van der Waals surface area (Å²) in [6, 6.07) is 8.70. The van der Waals surface area contributed by atoms with Gasteiger partial charge in [0.05, 0.1) is 6.26 Å². The van der Waals surface area contributed by atoms with Gasteiger partial charge in [0.25, 0.3) is 0 Å². The second kappa shape index (κ2) is 12.5. The van der Waals surface area contributed by atoms with Gasteiger partial charge in [0, 0.05) is 6.42 Å². The second-order valence-corrected chi connectivity index (χ2v) is 8.53. The monoisotopic (exact) mass is 370 g/mol. The van der Waals surface area contributed by atoms with E-state index in [1.165, 1.54) is 36.8 Å². The average molecular weight is 371 g/mol. The molecular weight excluding hydrogens is 332 g/mol. The molecule has 0 bridgehead atoms. The Bertz CT molecular complexity index is 588. The van der Waals surface area contributed by atoms with E-state index in [0.717, 1.165) is 31.3 Å². The van der Waals surface area contributed by atoms with Crippen molar-refractivity contribution in [3.05, 3.63) is 59.9 Å². The molecule has 0 spiro atoms. The zero-order valence-electron chi connectivity index (χ0n) is 17.9. The van der Waals surface area contributed by atoms with Crippen molar-refractivity contribution < 1.29 is 9.53 Å². The van der Waals surface area contributed by atoms with Crippen LogP contribution >= 0.6 is 0 Å². The molecule has 0 N–H and O–H groups in total. The minimum absolute atomic E-state index is 0.121. The van der Waals surface area contributed by atoms with Crippen LogP contribution in [0.5, 0.6) is 0 Å². The molecule has 0 radical (unpaired) electrons. The van der Waals surface area contributed by atoms with Gasteiger partial charge in [-0.1, -0.05) is 76.8 Å². The van der Waals surface area contributed by atoms with Crippen LogP contribution < -0.4 is 0 Å². The largest absolute Gasteiger partial charge is 0.435 e. The summed E-state index contributed by atoms with van der Waals surface area (Å²) in [6.07, 6.45) is 13.0. The molecule has 0 fully saturated rings. The molecule has 0 unspecified atom stereocenters. The zero-order chi connectivity index (χ0) is 20.1. The van der Waals surface area contributed by atoms with Gasteiger partial charge in [0.1, 0.15) is 0 Å². The van der Waals surface area contributed by atoms with Crippen LogP contribution in [0.3, 0.4) is 0 Å². The van der Waals surface area contributed by atoms with Gasteiger partial charge < -0.3 is 4.74 Å². The van der Waals surface area contributed by atoms with Gasteiger partial charge in [-0.2, -0.15) is 0 Å². The first-order valence-corrected chi connectivity index (χ1v) is 10.4. The molecule has 1 aromatic carbocycles. The van der Waals surface area contributed by atoms with Gasteiger partial charge >= 0.3 is 5.97 Å². The van der Waals surface area contributed by atoms with Crippen LogP contribution in [0.1, 0.15) is 90.2 Å². The van der Waals surface area contributed by atoms with Crippen molar-refractivity contribution in [1.82, 2.24) is 0 Å². The summed E-state index contributed by atoms with van der Waals surface area (Å²) in [6.45, 7) is 12.4. The molecule has 2 heteroatoms. The van der Waals surface area contributed by atoms with Crippen LogP contribution in [0, 0.1) is 0 Å². The number of unbranched alkanes of at least 4 members (excludes halogenated alkanes) is 6. The molecule has 0 amide bonds. The summed E-state index contributed by atoms with van der Waals surface area (Å²) in [5, 5.41) is 0. The highest BCUT2D eigenvalue weighted by molar-refractivity contribution is 5.69. The first kappa shape index (κ1) is 23.2. The fourth-order valence-electron chi connectivity index (χ4n) is 2.98. The van der Waals surface area contributed by atoms with E-state index >= 15 is 0 Å². The molecule has 0 atom stereocenters. The van der Waals surface area contributed by atoms with Gasteiger partial charge in [0.15, 0.2) is 0 Å². The molecule has 0 saturated carbocycles. The Morgan fingerprint density at radius 3 is 2.19 bits per heavy atom. The molecule has 0 heterocycles. The number of esters is 1. The number of hydrogen-bond donors (Lipinski definition) is 0. The van der Waals surface area contributed by atoms with Crippen molar-refractivity contribution >= 4 is 5.97 Å². The van der Waals surface area contributed by atoms with Gasteiger partial charge in [-0.05, 0) is 54.7 Å². The van der Waals surface area contributed by atoms with E-state index < -0.39 is 0 Å². The Hall–Kier alpha value is -1.83. The Balaban J connectivity index is 2.23. The predicted molar refractivity (Wildman–Crippen MR) is 116 cm³/mol. The summed E-state index contributed by atoms with van der Waals surface area (Å²) in [5.74, 6) is -0.121. The molecule has 0 aliphatic heterocycles. The number of rotatable bonds is 12. The van der Waals surface area contributed by atoms with Crippen LogP contribution in [0.15, 0.2) is 48.8 Å². The Kier molecular flexibility index (Phi) is 10.8. The summed E-state index contributed by atoms with van der Waals surface area (Å²) in [7, 11) is 0. The lowest BCUT2D eigenvalue weighted by Gasteiger charge is -2.19. The Morgan fingerprint density at radius 2 is 1.59 bits per heavy atom. The van der Waals surface area contributed by atoms with E-state index in [1.807, 2.05) is 13.0 Å². The highest BCUT2D eigenvalue weighted by atomic mass is 16.5. The van der Waals surface area contributed by atoms with Gasteiger partial charge in [0.2, 0.25) is 0 Å². The minimum atomic E-state index is -0.121. The summed E-state index contributed by atoms with van der Waals surface area (Å²) in [4.78, 5) is 11.9. The summed E-state index contributed by atoms with van der Waals surface area (Å²) in [5.41, 5.74) is 3.81. The smallest absolute Gasteiger partial charge is 0.310 e. The number of allylic oxidation sites excluding steroid dienone is 2. The lowest BCUT2D eigenvalue weighted by molar-refractivity contribution is -0.138. The molecule has 150 valence electrons. The molecule has 0 aliphatic carbocycles. The highest BCUT2D eigenvalue weighted by Crippen LogP contribution is 2.22. The van der Waals surface area contributed by atoms with Crippen molar-refractivity contribution in [2.75, 3.05) is 0 Å². The second-order valence-electron chi connectivity index (χ2n) is 8.53. The van der Waals surface area contributed by atoms with Gasteiger partial charge in [-0.25, -0.2) is 0 Å². The lowest BCUT2D eigenvalue weighted by Crippen LogP contribution is -2.10. The number of ether oxygens (including phenoxy) is 1. The third-order valence-electron chi connectivity index (χ3n) is 4.73. The number of hydrogen-bond acceptors (Lipinski definition) is 2. The maximum absolute atomic E-state index is 11.9. The zero-order valence-corrected chi connectivity index (χ0v) is 17.9. The molecule has 0 aromatic heterocycles. The van der Waals surface area contributed by atoms with Crippen LogP contribution in [-0.2, 0) is 21.4 Å². The molecule has 0 saturated heterocycles. The SMILES string of the molecule is C=CCCCCCCCCC(=O)O/C=C(\C)Cc1ccc(C(C)(C)C)cc1. The normalized spacial score (nSPS) is 12.1. The van der Waals surface area contributed by atoms with Crippen molar-refractivity contribution in [3.8, 4) is 0 Å². The van der Waals surface area contributed by atoms with E-state index in [9.17, 15) is 4.79 Å². The standard InChI is InChI=1S/C25H38O2/c1-6-7-8-9-10-11-12-13-14-24(26)27-20-21(2)19-22-15-17-23(18-16-22)25(3,4)5/h6,15-18,20H,1,7-14,19H2,2-5H3/b21-20+. The number of carbonyl (C=O) groups excluding carboxylic acids is 1. The molecule has 27 heavy (non-hydrogen) atoms. The van der Waals surface area contributed by atoms with E-state index in [0.29, 0.717) is 6.42 Å². The quantitative estimate of drug-likeness (QED) is 0.167. The topological polar surface area (TPSA) is 26.3 Å². The van der Waals surface area contributed by atoms with E-state index in [1.54, 1.807) is 6.26 Å². The fourth-order valence-corrected chi connectivity index (χ4v) is 2.98. The van der Waals surface area contributed by atoms with Crippen LogP contribution in [0.25, 0.3) is 0 Å². The fraction of sp³-hybridized carbons (Fsp3) is 0.560. The van der Waals surface area contributed by atoms with Crippen molar-refractivity contribution in [3.63, 3.8) is 0 Å². The lowest BCUT2D eigenvalue weighted by atomic mass is 9.86.